The Hall–Kier alpha value is -1.83. The molecule has 0 spiro atoms. The van der Waals surface area contributed by atoms with E-state index in [1.165, 1.54) is 31.7 Å². The van der Waals surface area contributed by atoms with Gasteiger partial charge in [-0.1, -0.05) is 31.9 Å². The minimum Gasteiger partial charge on any atom is -0.381 e. The number of ketones is 1. The molecule has 0 radical (unpaired) electrons. The van der Waals surface area contributed by atoms with E-state index < -0.39 is 11.9 Å². The first kappa shape index (κ1) is 22.5. The number of hydrogen-bond donors (Lipinski definition) is 1. The van der Waals surface area contributed by atoms with Crippen molar-refractivity contribution in [1.82, 2.24) is 10.3 Å². The molecule has 1 aromatic heterocycles. The van der Waals surface area contributed by atoms with Gasteiger partial charge < -0.3 is 10.1 Å². The quantitative estimate of drug-likeness (QED) is 0.724. The molecule has 1 amide bonds. The van der Waals surface area contributed by atoms with Crippen LogP contribution in [0.2, 0.25) is 5.02 Å². The molecule has 28 heavy (non-hydrogen) atoms. The van der Waals surface area contributed by atoms with Gasteiger partial charge in [0, 0.05) is 16.5 Å². The highest BCUT2D eigenvalue weighted by Crippen LogP contribution is 2.28. The van der Waals surface area contributed by atoms with Crippen LogP contribution in [-0.2, 0) is 9.53 Å². The fourth-order valence-electron chi connectivity index (χ4n) is 2.50. The second-order valence-electron chi connectivity index (χ2n) is 6.67. The lowest BCUT2D eigenvalue weighted by Gasteiger charge is -2.29. The Balaban J connectivity index is 0.000000878. The van der Waals surface area contributed by atoms with Crippen LogP contribution >= 0.6 is 22.9 Å². The average Bonchev–Trinajstić information content (AvgIpc) is 3.06. The third-order valence-electron chi connectivity index (χ3n) is 3.91. The highest BCUT2D eigenvalue weighted by molar-refractivity contribution is 7.16. The van der Waals surface area contributed by atoms with Gasteiger partial charge in [-0.2, -0.15) is 0 Å². The van der Waals surface area contributed by atoms with Crippen molar-refractivity contribution in [2.45, 2.75) is 39.7 Å². The summed E-state index contributed by atoms with van der Waals surface area (Å²) in [5.74, 6) is -0.641. The minimum absolute atomic E-state index is 0.0955. The van der Waals surface area contributed by atoms with E-state index in [0.29, 0.717) is 41.0 Å². The standard InChI is InChI=1S/C17H16ClFN2O3S.C3H8/c1-9(22)14(2-10-7-24-8-10)21-16(23)15-6-20-17(25-15)11-3-12(18)5-13(19)4-11;1-3-2/h3-6,10,14H,2,7-8H2,1H3,(H,21,23);3H2,1-2H3. The summed E-state index contributed by atoms with van der Waals surface area (Å²) in [4.78, 5) is 28.7. The maximum absolute atomic E-state index is 13.5. The Morgan fingerprint density at radius 2 is 2.04 bits per heavy atom. The number of ether oxygens (including phenoxy) is 1. The first-order chi connectivity index (χ1) is 13.3. The van der Waals surface area contributed by atoms with Crippen molar-refractivity contribution >= 4 is 34.6 Å². The molecule has 8 heteroatoms. The number of thiazole rings is 1. The van der Waals surface area contributed by atoms with Gasteiger partial charge in [-0.3, -0.25) is 9.59 Å². The molecule has 1 fully saturated rings. The van der Waals surface area contributed by atoms with E-state index in [1.54, 1.807) is 6.07 Å². The van der Waals surface area contributed by atoms with E-state index in [4.69, 9.17) is 16.3 Å². The molecule has 1 aromatic carbocycles. The van der Waals surface area contributed by atoms with E-state index in [0.717, 1.165) is 11.3 Å². The highest BCUT2D eigenvalue weighted by atomic mass is 35.5. The lowest BCUT2D eigenvalue weighted by atomic mass is 9.96. The first-order valence-corrected chi connectivity index (χ1v) is 10.3. The molecular formula is C20H24ClFN2O3S. The zero-order valence-corrected chi connectivity index (χ0v) is 17.7. The zero-order chi connectivity index (χ0) is 20.7. The van der Waals surface area contributed by atoms with Crippen molar-refractivity contribution in [3.63, 3.8) is 0 Å². The lowest BCUT2D eigenvalue weighted by molar-refractivity contribution is -0.120. The fourth-order valence-corrected chi connectivity index (χ4v) is 3.53. The SMILES string of the molecule is CC(=O)C(CC1COC1)NC(=O)c1cnc(-c2cc(F)cc(Cl)c2)s1.CCC. The molecule has 1 unspecified atom stereocenters. The summed E-state index contributed by atoms with van der Waals surface area (Å²) in [5, 5.41) is 3.49. The number of carbonyl (C=O) groups excluding carboxylic acids is 2. The van der Waals surface area contributed by atoms with Crippen LogP contribution in [-0.4, -0.2) is 35.9 Å². The molecule has 2 heterocycles. The monoisotopic (exact) mass is 426 g/mol. The number of aromatic nitrogens is 1. The summed E-state index contributed by atoms with van der Waals surface area (Å²) in [6.07, 6.45) is 3.23. The number of carbonyl (C=O) groups is 2. The zero-order valence-electron chi connectivity index (χ0n) is 16.1. The maximum atomic E-state index is 13.5. The largest absolute Gasteiger partial charge is 0.381 e. The molecular weight excluding hydrogens is 403 g/mol. The van der Waals surface area contributed by atoms with Gasteiger partial charge in [0.05, 0.1) is 25.5 Å². The van der Waals surface area contributed by atoms with E-state index in [2.05, 4.69) is 24.1 Å². The van der Waals surface area contributed by atoms with Crippen molar-refractivity contribution in [2.24, 2.45) is 5.92 Å². The first-order valence-electron chi connectivity index (χ1n) is 9.15. The number of halogens is 2. The van der Waals surface area contributed by atoms with Crippen LogP contribution in [0.5, 0.6) is 0 Å². The molecule has 1 aliphatic heterocycles. The number of nitrogens with one attached hydrogen (secondary N) is 1. The van der Waals surface area contributed by atoms with Gasteiger partial charge in [-0.15, -0.1) is 11.3 Å². The van der Waals surface area contributed by atoms with Gasteiger partial charge in [-0.25, -0.2) is 9.37 Å². The summed E-state index contributed by atoms with van der Waals surface area (Å²) in [5.41, 5.74) is 0.504. The van der Waals surface area contributed by atoms with Crippen molar-refractivity contribution < 1.29 is 18.7 Å². The molecule has 0 saturated carbocycles. The molecule has 1 N–H and O–H groups in total. The van der Waals surface area contributed by atoms with Gasteiger partial charge in [0.2, 0.25) is 0 Å². The van der Waals surface area contributed by atoms with Crippen LogP contribution < -0.4 is 5.32 Å². The maximum Gasteiger partial charge on any atom is 0.263 e. The third-order valence-corrected chi connectivity index (χ3v) is 5.17. The summed E-state index contributed by atoms with van der Waals surface area (Å²) < 4.78 is 18.6. The van der Waals surface area contributed by atoms with Crippen molar-refractivity contribution in [1.29, 1.82) is 0 Å². The Labute approximate surface area is 173 Å². The molecule has 5 nitrogen and oxygen atoms in total. The summed E-state index contributed by atoms with van der Waals surface area (Å²) in [6.45, 7) is 6.94. The van der Waals surface area contributed by atoms with E-state index in [1.807, 2.05) is 0 Å². The minimum atomic E-state index is -0.546. The third kappa shape index (κ3) is 6.36. The molecule has 1 aliphatic rings. The van der Waals surface area contributed by atoms with Crippen molar-refractivity contribution in [3.05, 3.63) is 40.1 Å². The Bertz CT molecular complexity index is 803. The molecule has 0 aliphatic carbocycles. The van der Waals surface area contributed by atoms with Crippen LogP contribution in [0.25, 0.3) is 10.6 Å². The number of benzene rings is 1. The van der Waals surface area contributed by atoms with Crippen molar-refractivity contribution in [2.75, 3.05) is 13.2 Å². The second kappa shape index (κ2) is 10.6. The van der Waals surface area contributed by atoms with Crippen LogP contribution in [0, 0.1) is 11.7 Å². The number of hydrogen-bond acceptors (Lipinski definition) is 5. The smallest absolute Gasteiger partial charge is 0.263 e. The lowest BCUT2D eigenvalue weighted by Crippen LogP contribution is -2.44. The van der Waals surface area contributed by atoms with E-state index in [9.17, 15) is 14.0 Å². The molecule has 1 atom stereocenters. The predicted molar refractivity (Wildman–Crippen MR) is 109 cm³/mol. The van der Waals surface area contributed by atoms with Crippen molar-refractivity contribution in [3.8, 4) is 10.6 Å². The number of Topliss-reactive ketones (excluding diaryl/α,β-unsaturated/α-hetero) is 1. The topological polar surface area (TPSA) is 68.3 Å². The van der Waals surface area contributed by atoms with E-state index >= 15 is 0 Å². The van der Waals surface area contributed by atoms with Gasteiger partial charge in [0.25, 0.3) is 5.91 Å². The Kier molecular flexibility index (Phi) is 8.54. The normalized spacial score (nSPS) is 14.5. The fraction of sp³-hybridized carbons (Fsp3) is 0.450. The number of nitrogens with zero attached hydrogens (tertiary/aromatic N) is 1. The van der Waals surface area contributed by atoms with Crippen LogP contribution in [0.3, 0.4) is 0 Å². The van der Waals surface area contributed by atoms with Crippen LogP contribution in [0.15, 0.2) is 24.4 Å². The average molecular weight is 427 g/mol. The van der Waals surface area contributed by atoms with Gasteiger partial charge >= 0.3 is 0 Å². The van der Waals surface area contributed by atoms with Gasteiger partial charge in [0.15, 0.2) is 5.78 Å². The predicted octanol–water partition coefficient (Wildman–Crippen LogP) is 4.74. The highest BCUT2D eigenvalue weighted by Gasteiger charge is 2.27. The molecule has 1 saturated heterocycles. The number of amides is 1. The molecule has 3 rings (SSSR count). The second-order valence-corrected chi connectivity index (χ2v) is 8.14. The summed E-state index contributed by atoms with van der Waals surface area (Å²) >= 11 is 6.97. The van der Waals surface area contributed by atoms with E-state index in [-0.39, 0.29) is 16.7 Å². The summed E-state index contributed by atoms with van der Waals surface area (Å²) in [6, 6.07) is 3.55. The van der Waals surface area contributed by atoms with Crippen LogP contribution in [0.4, 0.5) is 4.39 Å². The number of rotatable bonds is 6. The van der Waals surface area contributed by atoms with Crippen LogP contribution in [0.1, 0.15) is 43.3 Å². The Morgan fingerprint density at radius 3 is 2.57 bits per heavy atom. The van der Waals surface area contributed by atoms with Gasteiger partial charge in [-0.05, 0) is 31.5 Å². The molecule has 2 aromatic rings. The van der Waals surface area contributed by atoms with Gasteiger partial charge in [0.1, 0.15) is 15.7 Å². The molecule has 0 bridgehead atoms. The summed E-state index contributed by atoms with van der Waals surface area (Å²) in [7, 11) is 0. The Morgan fingerprint density at radius 1 is 1.36 bits per heavy atom. The molecule has 152 valence electrons.